The SMILES string of the molecule is COc1ccc(OC)c2[nH]c(=O)c(CCNC(=O)CC(C)(C)C)cc12. The molecule has 1 aromatic heterocycles. The Labute approximate surface area is 147 Å². The predicted octanol–water partition coefficient (Wildman–Crippen LogP) is 2.64. The van der Waals surface area contributed by atoms with Gasteiger partial charge in [-0.2, -0.15) is 0 Å². The van der Waals surface area contributed by atoms with Crippen molar-refractivity contribution in [2.75, 3.05) is 20.8 Å². The fourth-order valence-corrected chi connectivity index (χ4v) is 2.70. The molecule has 0 saturated heterocycles. The van der Waals surface area contributed by atoms with Gasteiger partial charge in [0.1, 0.15) is 11.5 Å². The van der Waals surface area contributed by atoms with Crippen molar-refractivity contribution < 1.29 is 14.3 Å². The summed E-state index contributed by atoms with van der Waals surface area (Å²) in [4.78, 5) is 27.1. The highest BCUT2D eigenvalue weighted by atomic mass is 16.5. The average molecular weight is 346 g/mol. The van der Waals surface area contributed by atoms with Gasteiger partial charge >= 0.3 is 0 Å². The fraction of sp³-hybridized carbons (Fsp3) is 0.474. The van der Waals surface area contributed by atoms with E-state index in [9.17, 15) is 9.59 Å². The van der Waals surface area contributed by atoms with Crippen LogP contribution in [0.2, 0.25) is 0 Å². The van der Waals surface area contributed by atoms with Gasteiger partial charge in [-0.3, -0.25) is 9.59 Å². The first-order valence-electron chi connectivity index (χ1n) is 8.29. The van der Waals surface area contributed by atoms with Gasteiger partial charge in [-0.05, 0) is 30.0 Å². The highest BCUT2D eigenvalue weighted by molar-refractivity contribution is 5.90. The van der Waals surface area contributed by atoms with E-state index >= 15 is 0 Å². The molecule has 0 radical (unpaired) electrons. The van der Waals surface area contributed by atoms with Crippen LogP contribution >= 0.6 is 0 Å². The number of pyridine rings is 1. The highest BCUT2D eigenvalue weighted by Gasteiger charge is 2.16. The van der Waals surface area contributed by atoms with Crippen LogP contribution in [-0.4, -0.2) is 31.7 Å². The van der Waals surface area contributed by atoms with Crippen molar-refractivity contribution in [3.63, 3.8) is 0 Å². The van der Waals surface area contributed by atoms with E-state index in [2.05, 4.69) is 10.3 Å². The summed E-state index contributed by atoms with van der Waals surface area (Å²) < 4.78 is 10.7. The van der Waals surface area contributed by atoms with Crippen LogP contribution in [0.5, 0.6) is 11.5 Å². The van der Waals surface area contributed by atoms with E-state index < -0.39 is 0 Å². The molecule has 6 heteroatoms. The second kappa shape index (κ2) is 7.59. The summed E-state index contributed by atoms with van der Waals surface area (Å²) in [6, 6.07) is 5.35. The van der Waals surface area contributed by atoms with Crippen LogP contribution < -0.4 is 20.3 Å². The molecule has 1 amide bonds. The Morgan fingerprint density at radius 2 is 1.80 bits per heavy atom. The molecule has 0 aliphatic carbocycles. The van der Waals surface area contributed by atoms with Crippen molar-refractivity contribution in [3.05, 3.63) is 34.1 Å². The molecular weight excluding hydrogens is 320 g/mol. The number of fused-ring (bicyclic) bond motifs is 1. The van der Waals surface area contributed by atoms with Gasteiger partial charge in [-0.1, -0.05) is 20.8 Å². The van der Waals surface area contributed by atoms with Gasteiger partial charge in [-0.15, -0.1) is 0 Å². The van der Waals surface area contributed by atoms with Crippen molar-refractivity contribution in [1.82, 2.24) is 10.3 Å². The maximum atomic E-state index is 12.3. The van der Waals surface area contributed by atoms with Crippen LogP contribution in [0, 0.1) is 5.41 Å². The largest absolute Gasteiger partial charge is 0.496 e. The zero-order valence-electron chi connectivity index (χ0n) is 15.5. The molecule has 0 atom stereocenters. The lowest BCUT2D eigenvalue weighted by Crippen LogP contribution is -2.30. The van der Waals surface area contributed by atoms with Crippen molar-refractivity contribution in [1.29, 1.82) is 0 Å². The summed E-state index contributed by atoms with van der Waals surface area (Å²) in [5, 5.41) is 3.64. The lowest BCUT2D eigenvalue weighted by molar-refractivity contribution is -0.122. The molecule has 1 heterocycles. The second-order valence-corrected chi connectivity index (χ2v) is 7.22. The average Bonchev–Trinajstić information content (AvgIpc) is 2.52. The predicted molar refractivity (Wildman–Crippen MR) is 98.5 cm³/mol. The normalized spacial score (nSPS) is 11.4. The summed E-state index contributed by atoms with van der Waals surface area (Å²) >= 11 is 0. The molecule has 25 heavy (non-hydrogen) atoms. The lowest BCUT2D eigenvalue weighted by Gasteiger charge is -2.17. The van der Waals surface area contributed by atoms with Crippen LogP contribution in [0.15, 0.2) is 23.0 Å². The second-order valence-electron chi connectivity index (χ2n) is 7.22. The van der Waals surface area contributed by atoms with Crippen molar-refractivity contribution in [2.24, 2.45) is 5.41 Å². The first-order chi connectivity index (χ1) is 11.7. The summed E-state index contributed by atoms with van der Waals surface area (Å²) in [5.41, 5.74) is 0.945. The minimum absolute atomic E-state index is 0.0102. The summed E-state index contributed by atoms with van der Waals surface area (Å²) in [6.07, 6.45) is 0.896. The lowest BCUT2D eigenvalue weighted by atomic mass is 9.92. The quantitative estimate of drug-likeness (QED) is 0.843. The molecule has 2 rings (SSSR count). The van der Waals surface area contributed by atoms with E-state index in [1.165, 1.54) is 0 Å². The molecular formula is C19H26N2O4. The number of benzene rings is 1. The molecule has 0 bridgehead atoms. The zero-order valence-corrected chi connectivity index (χ0v) is 15.5. The number of aromatic amines is 1. The standard InChI is InChI=1S/C19H26N2O4/c1-19(2,3)11-16(22)20-9-8-12-10-13-14(24-4)6-7-15(25-5)17(13)21-18(12)23/h6-7,10H,8-9,11H2,1-5H3,(H,20,22)(H,21,23). The third-order valence-corrected chi connectivity index (χ3v) is 3.86. The third-order valence-electron chi connectivity index (χ3n) is 3.86. The zero-order chi connectivity index (χ0) is 18.6. The van der Waals surface area contributed by atoms with Crippen molar-refractivity contribution in [2.45, 2.75) is 33.6 Å². The number of hydrogen-bond acceptors (Lipinski definition) is 4. The van der Waals surface area contributed by atoms with Crippen LogP contribution in [0.25, 0.3) is 10.9 Å². The van der Waals surface area contributed by atoms with Gasteiger partial charge in [-0.25, -0.2) is 0 Å². The Morgan fingerprint density at radius 3 is 2.40 bits per heavy atom. The Bertz CT molecular complexity index is 819. The number of hydrogen-bond donors (Lipinski definition) is 2. The maximum Gasteiger partial charge on any atom is 0.251 e. The van der Waals surface area contributed by atoms with Gasteiger partial charge in [0.15, 0.2) is 0 Å². The number of rotatable bonds is 6. The van der Waals surface area contributed by atoms with Gasteiger partial charge < -0.3 is 19.8 Å². The molecule has 6 nitrogen and oxygen atoms in total. The molecule has 0 aliphatic rings. The molecule has 0 spiro atoms. The Kier molecular flexibility index (Phi) is 5.72. The number of carbonyl (C=O) groups is 1. The minimum atomic E-state index is -0.191. The molecule has 136 valence electrons. The molecule has 1 aromatic carbocycles. The van der Waals surface area contributed by atoms with Crippen LogP contribution in [0.4, 0.5) is 0 Å². The molecule has 0 saturated carbocycles. The van der Waals surface area contributed by atoms with Gasteiger partial charge in [0.2, 0.25) is 5.91 Å². The molecule has 0 unspecified atom stereocenters. The first kappa shape index (κ1) is 18.8. The van der Waals surface area contributed by atoms with E-state index in [0.717, 1.165) is 5.39 Å². The van der Waals surface area contributed by atoms with E-state index in [1.54, 1.807) is 32.4 Å². The number of amides is 1. The van der Waals surface area contributed by atoms with Gasteiger partial charge in [0, 0.05) is 23.9 Å². The molecule has 2 N–H and O–H groups in total. The Morgan fingerprint density at radius 1 is 1.16 bits per heavy atom. The first-order valence-corrected chi connectivity index (χ1v) is 8.29. The summed E-state index contributed by atoms with van der Waals surface area (Å²) in [7, 11) is 3.14. The van der Waals surface area contributed by atoms with Gasteiger partial charge in [0.05, 0.1) is 19.7 Å². The molecule has 2 aromatic rings. The summed E-state index contributed by atoms with van der Waals surface area (Å²) in [5.74, 6) is 1.23. The number of nitrogens with one attached hydrogen (secondary N) is 2. The third kappa shape index (κ3) is 4.75. The number of ether oxygens (including phenoxy) is 2. The monoisotopic (exact) mass is 346 g/mol. The van der Waals surface area contributed by atoms with Crippen LogP contribution in [0.3, 0.4) is 0 Å². The fourth-order valence-electron chi connectivity index (χ4n) is 2.70. The highest BCUT2D eigenvalue weighted by Crippen LogP contribution is 2.31. The maximum absolute atomic E-state index is 12.3. The van der Waals surface area contributed by atoms with Crippen LogP contribution in [0.1, 0.15) is 32.8 Å². The van der Waals surface area contributed by atoms with E-state index in [1.807, 2.05) is 20.8 Å². The number of aromatic nitrogens is 1. The molecule has 0 aliphatic heterocycles. The van der Waals surface area contributed by atoms with Gasteiger partial charge in [0.25, 0.3) is 5.56 Å². The number of methoxy groups -OCH3 is 2. The smallest absolute Gasteiger partial charge is 0.251 e. The van der Waals surface area contributed by atoms with Crippen molar-refractivity contribution in [3.8, 4) is 11.5 Å². The topological polar surface area (TPSA) is 80.4 Å². The Hall–Kier alpha value is -2.50. The van der Waals surface area contributed by atoms with Crippen LogP contribution in [-0.2, 0) is 11.2 Å². The number of H-pyrrole nitrogens is 1. The Balaban J connectivity index is 2.20. The number of carbonyl (C=O) groups excluding carboxylic acids is 1. The minimum Gasteiger partial charge on any atom is -0.496 e. The van der Waals surface area contributed by atoms with E-state index in [-0.39, 0.29) is 16.9 Å². The van der Waals surface area contributed by atoms with Crippen molar-refractivity contribution >= 4 is 16.8 Å². The summed E-state index contributed by atoms with van der Waals surface area (Å²) in [6.45, 7) is 6.45. The van der Waals surface area contributed by atoms with E-state index in [4.69, 9.17) is 9.47 Å². The molecule has 0 fully saturated rings. The van der Waals surface area contributed by atoms with E-state index in [0.29, 0.717) is 42.0 Å².